The summed E-state index contributed by atoms with van der Waals surface area (Å²) in [5.41, 5.74) is 1.99. The van der Waals surface area contributed by atoms with Gasteiger partial charge in [-0.3, -0.25) is 9.78 Å². The van der Waals surface area contributed by atoms with Gasteiger partial charge in [0, 0.05) is 17.7 Å². The van der Waals surface area contributed by atoms with Crippen molar-refractivity contribution in [2.75, 3.05) is 7.11 Å². The van der Waals surface area contributed by atoms with E-state index in [4.69, 9.17) is 4.74 Å². The fourth-order valence-electron chi connectivity index (χ4n) is 5.58. The Morgan fingerprint density at radius 1 is 1.11 bits per heavy atom. The number of nitrogens with one attached hydrogen (secondary N) is 1. The summed E-state index contributed by atoms with van der Waals surface area (Å²) < 4.78 is 5.32. The molecule has 1 N–H and O–H groups in total. The molecule has 2 saturated carbocycles. The van der Waals surface area contributed by atoms with E-state index in [9.17, 15) is 4.79 Å². The summed E-state index contributed by atoms with van der Waals surface area (Å²) in [6, 6.07) is 14.1. The van der Waals surface area contributed by atoms with Gasteiger partial charge in [-0.05, 0) is 59.9 Å². The first-order valence-electron chi connectivity index (χ1n) is 9.73. The second-order valence-electron chi connectivity index (χ2n) is 8.74. The van der Waals surface area contributed by atoms with Crippen LogP contribution in [0.3, 0.4) is 0 Å². The van der Waals surface area contributed by atoms with E-state index in [0.717, 1.165) is 12.2 Å². The molecule has 0 spiro atoms. The number of nitrogens with zero attached hydrogens (tertiary/aromatic N) is 1. The highest BCUT2D eigenvalue weighted by Gasteiger charge is 2.66. The number of carbonyl (C=O) groups is 1. The van der Waals surface area contributed by atoms with Gasteiger partial charge in [0.25, 0.3) is 5.91 Å². The van der Waals surface area contributed by atoms with Crippen molar-refractivity contribution in [2.45, 2.75) is 45.6 Å². The van der Waals surface area contributed by atoms with Crippen molar-refractivity contribution in [1.29, 1.82) is 0 Å². The summed E-state index contributed by atoms with van der Waals surface area (Å²) in [7, 11) is 1.69. The standard InChI is InChI=1S/C23H28N2O2/c1-22(2)16-13-18(15-8-10-17(27-4)11-9-15)23(22,3)20(14-16)25-21(26)19-7-5-6-12-24-19/h5-12,16,18,20H,13-14H2,1-4H3,(H,25,26). The molecule has 4 unspecified atom stereocenters. The predicted molar refractivity (Wildman–Crippen MR) is 106 cm³/mol. The summed E-state index contributed by atoms with van der Waals surface area (Å²) >= 11 is 0. The summed E-state index contributed by atoms with van der Waals surface area (Å²) in [5.74, 6) is 1.83. The van der Waals surface area contributed by atoms with E-state index in [1.807, 2.05) is 24.3 Å². The molecule has 0 aliphatic heterocycles. The van der Waals surface area contributed by atoms with Crippen LogP contribution < -0.4 is 10.1 Å². The molecule has 0 saturated heterocycles. The van der Waals surface area contributed by atoms with Crippen molar-refractivity contribution in [3.8, 4) is 5.75 Å². The van der Waals surface area contributed by atoms with Crippen molar-refractivity contribution in [3.63, 3.8) is 0 Å². The number of pyridine rings is 1. The lowest BCUT2D eigenvalue weighted by Crippen LogP contribution is -2.50. The number of hydrogen-bond donors (Lipinski definition) is 1. The molecular weight excluding hydrogens is 336 g/mol. The molecule has 4 rings (SSSR count). The molecule has 4 atom stereocenters. The first-order chi connectivity index (χ1) is 12.9. The zero-order chi connectivity index (χ0) is 19.2. The Balaban J connectivity index is 1.63. The molecule has 2 aromatic rings. The van der Waals surface area contributed by atoms with Crippen LogP contribution in [0.25, 0.3) is 0 Å². The Bertz CT molecular complexity index is 831. The normalized spacial score (nSPS) is 30.9. The first-order valence-corrected chi connectivity index (χ1v) is 9.73. The van der Waals surface area contributed by atoms with Gasteiger partial charge in [-0.1, -0.05) is 39.0 Å². The van der Waals surface area contributed by atoms with Crippen LogP contribution in [0, 0.1) is 16.7 Å². The zero-order valence-corrected chi connectivity index (χ0v) is 16.5. The number of methoxy groups -OCH3 is 1. The molecule has 1 amide bonds. The summed E-state index contributed by atoms with van der Waals surface area (Å²) in [6.45, 7) is 7.10. The Morgan fingerprint density at radius 2 is 1.85 bits per heavy atom. The average Bonchev–Trinajstić information content (AvgIpc) is 3.00. The average molecular weight is 364 g/mol. The van der Waals surface area contributed by atoms with Crippen LogP contribution in [0.5, 0.6) is 5.75 Å². The molecule has 2 aliphatic carbocycles. The quantitative estimate of drug-likeness (QED) is 0.873. The van der Waals surface area contributed by atoms with Gasteiger partial charge in [-0.25, -0.2) is 0 Å². The van der Waals surface area contributed by atoms with E-state index in [1.165, 1.54) is 12.0 Å². The number of benzene rings is 1. The molecule has 27 heavy (non-hydrogen) atoms. The molecule has 2 bridgehead atoms. The number of amides is 1. The van der Waals surface area contributed by atoms with E-state index in [1.54, 1.807) is 19.4 Å². The van der Waals surface area contributed by atoms with Crippen LogP contribution in [-0.4, -0.2) is 24.0 Å². The molecular formula is C23H28N2O2. The van der Waals surface area contributed by atoms with Crippen LogP contribution in [0.1, 0.15) is 55.6 Å². The Hall–Kier alpha value is -2.36. The van der Waals surface area contributed by atoms with Gasteiger partial charge in [0.15, 0.2) is 0 Å². The van der Waals surface area contributed by atoms with E-state index in [0.29, 0.717) is 17.5 Å². The lowest BCUT2D eigenvalue weighted by molar-refractivity contribution is 0.0766. The van der Waals surface area contributed by atoms with E-state index in [2.05, 4.69) is 43.2 Å². The highest BCUT2D eigenvalue weighted by molar-refractivity contribution is 5.92. The maximum Gasteiger partial charge on any atom is 0.270 e. The van der Waals surface area contributed by atoms with E-state index < -0.39 is 0 Å². The number of rotatable bonds is 4. The van der Waals surface area contributed by atoms with Crippen molar-refractivity contribution < 1.29 is 9.53 Å². The fourth-order valence-corrected chi connectivity index (χ4v) is 5.58. The summed E-state index contributed by atoms with van der Waals surface area (Å²) in [5, 5.41) is 3.32. The van der Waals surface area contributed by atoms with E-state index in [-0.39, 0.29) is 22.8 Å². The number of ether oxygens (including phenoxy) is 1. The maximum absolute atomic E-state index is 12.8. The van der Waals surface area contributed by atoms with Crippen molar-refractivity contribution in [1.82, 2.24) is 10.3 Å². The third-order valence-corrected chi connectivity index (χ3v) is 7.62. The maximum atomic E-state index is 12.8. The highest BCUT2D eigenvalue weighted by Crippen LogP contribution is 2.70. The van der Waals surface area contributed by atoms with Gasteiger partial charge in [0.2, 0.25) is 0 Å². The van der Waals surface area contributed by atoms with Crippen molar-refractivity contribution in [3.05, 3.63) is 59.9 Å². The zero-order valence-electron chi connectivity index (χ0n) is 16.5. The van der Waals surface area contributed by atoms with Gasteiger partial charge < -0.3 is 10.1 Å². The van der Waals surface area contributed by atoms with Gasteiger partial charge in [-0.2, -0.15) is 0 Å². The van der Waals surface area contributed by atoms with Crippen LogP contribution in [-0.2, 0) is 0 Å². The minimum Gasteiger partial charge on any atom is -0.497 e. The van der Waals surface area contributed by atoms with Crippen LogP contribution in [0.4, 0.5) is 0 Å². The van der Waals surface area contributed by atoms with Gasteiger partial charge >= 0.3 is 0 Å². The molecule has 142 valence electrons. The molecule has 4 nitrogen and oxygen atoms in total. The van der Waals surface area contributed by atoms with Crippen molar-refractivity contribution in [2.24, 2.45) is 16.7 Å². The molecule has 2 aliphatic rings. The number of carbonyl (C=O) groups excluding carboxylic acids is 1. The molecule has 1 heterocycles. The Labute approximate surface area is 161 Å². The third-order valence-electron chi connectivity index (χ3n) is 7.62. The lowest BCUT2D eigenvalue weighted by Gasteiger charge is -2.44. The fraction of sp³-hybridized carbons (Fsp3) is 0.478. The Kier molecular flexibility index (Phi) is 4.25. The highest BCUT2D eigenvalue weighted by atomic mass is 16.5. The minimum absolute atomic E-state index is 0.00328. The first kappa shape index (κ1) is 18.0. The predicted octanol–water partition coefficient (Wildman–Crippen LogP) is 4.43. The monoisotopic (exact) mass is 364 g/mol. The number of fused-ring (bicyclic) bond motifs is 2. The molecule has 1 aromatic heterocycles. The Morgan fingerprint density at radius 3 is 2.44 bits per heavy atom. The largest absolute Gasteiger partial charge is 0.497 e. The summed E-state index contributed by atoms with van der Waals surface area (Å²) in [6.07, 6.45) is 3.88. The molecule has 2 fully saturated rings. The second kappa shape index (κ2) is 6.36. The number of hydrogen-bond acceptors (Lipinski definition) is 3. The summed E-state index contributed by atoms with van der Waals surface area (Å²) in [4.78, 5) is 17.0. The topological polar surface area (TPSA) is 51.2 Å². The van der Waals surface area contributed by atoms with Gasteiger partial charge in [0.1, 0.15) is 11.4 Å². The van der Waals surface area contributed by atoms with Crippen molar-refractivity contribution >= 4 is 5.91 Å². The minimum atomic E-state index is -0.0707. The van der Waals surface area contributed by atoms with Gasteiger partial charge in [0.05, 0.1) is 7.11 Å². The number of aromatic nitrogens is 1. The third kappa shape index (κ3) is 2.65. The van der Waals surface area contributed by atoms with Crippen LogP contribution in [0.2, 0.25) is 0 Å². The lowest BCUT2D eigenvalue weighted by atomic mass is 9.63. The molecule has 1 aromatic carbocycles. The van der Waals surface area contributed by atoms with E-state index >= 15 is 0 Å². The molecule has 0 radical (unpaired) electrons. The van der Waals surface area contributed by atoms with Crippen LogP contribution in [0.15, 0.2) is 48.7 Å². The molecule has 4 heteroatoms. The smallest absolute Gasteiger partial charge is 0.270 e. The second-order valence-corrected chi connectivity index (χ2v) is 8.74. The SMILES string of the molecule is COc1ccc(C2CC3CC(NC(=O)c4ccccn4)C2(C)C3(C)C)cc1. The van der Waals surface area contributed by atoms with Crippen LogP contribution >= 0.6 is 0 Å². The van der Waals surface area contributed by atoms with Gasteiger partial charge in [-0.15, -0.1) is 0 Å².